The predicted octanol–water partition coefficient (Wildman–Crippen LogP) is 3.28. The second-order valence-electron chi connectivity index (χ2n) is 4.25. The zero-order valence-electron chi connectivity index (χ0n) is 11.3. The van der Waals surface area contributed by atoms with E-state index in [1.54, 1.807) is 13.2 Å². The van der Waals surface area contributed by atoms with E-state index in [-0.39, 0.29) is 9.92 Å². The maximum Gasteiger partial charge on any atom is 0.265 e. The third-order valence-corrected chi connectivity index (χ3v) is 5.87. The number of aryl methyl sites for hydroxylation is 1. The number of aromatic nitrogens is 1. The molecular weight excluding hydrogens is 353 g/mol. The highest BCUT2D eigenvalue weighted by atomic mass is 35.5. The molecule has 0 aliphatic carbocycles. The van der Waals surface area contributed by atoms with Crippen molar-refractivity contribution in [2.45, 2.75) is 18.4 Å². The van der Waals surface area contributed by atoms with Gasteiger partial charge in [0.05, 0.1) is 5.02 Å². The van der Waals surface area contributed by atoms with E-state index in [0.717, 1.165) is 4.88 Å². The predicted molar refractivity (Wildman–Crippen MR) is 86.9 cm³/mol. The molecule has 5 nitrogen and oxygen atoms in total. The molecule has 114 valence electrons. The van der Waals surface area contributed by atoms with Crippen molar-refractivity contribution in [3.05, 3.63) is 38.8 Å². The Morgan fingerprint density at radius 2 is 2.05 bits per heavy atom. The van der Waals surface area contributed by atoms with Crippen molar-refractivity contribution < 1.29 is 8.42 Å². The first-order valence-corrected chi connectivity index (χ1v) is 8.97. The Hall–Kier alpha value is -0.860. The SMILES string of the molecule is CNCc1c(Cl)ccc(S(=O)(=O)Nc2ncc(C)s2)c1Cl. The lowest BCUT2D eigenvalue weighted by Crippen LogP contribution is -2.15. The minimum Gasteiger partial charge on any atom is -0.316 e. The van der Waals surface area contributed by atoms with Crippen LogP contribution < -0.4 is 10.0 Å². The summed E-state index contributed by atoms with van der Waals surface area (Å²) >= 11 is 13.5. The fraction of sp³-hybridized carbons (Fsp3) is 0.250. The van der Waals surface area contributed by atoms with Gasteiger partial charge in [-0.05, 0) is 26.1 Å². The van der Waals surface area contributed by atoms with Crippen LogP contribution in [0.2, 0.25) is 10.0 Å². The van der Waals surface area contributed by atoms with Gasteiger partial charge in [0.1, 0.15) is 4.90 Å². The van der Waals surface area contributed by atoms with E-state index in [1.807, 2.05) is 6.92 Å². The molecule has 1 heterocycles. The molecule has 2 rings (SSSR count). The van der Waals surface area contributed by atoms with Gasteiger partial charge in [-0.15, -0.1) is 11.3 Å². The molecule has 0 spiro atoms. The molecule has 2 N–H and O–H groups in total. The molecule has 0 fully saturated rings. The Kier molecular flexibility index (Phi) is 5.11. The van der Waals surface area contributed by atoms with E-state index in [1.165, 1.54) is 23.5 Å². The summed E-state index contributed by atoms with van der Waals surface area (Å²) in [5, 5.41) is 3.73. The quantitative estimate of drug-likeness (QED) is 0.852. The maximum absolute atomic E-state index is 12.4. The molecule has 0 aliphatic rings. The Labute approximate surface area is 137 Å². The molecule has 0 bridgehead atoms. The number of nitrogens with zero attached hydrogens (tertiary/aromatic N) is 1. The third-order valence-electron chi connectivity index (χ3n) is 2.64. The molecule has 0 unspecified atom stereocenters. The van der Waals surface area contributed by atoms with Gasteiger partial charge in [0.25, 0.3) is 10.0 Å². The highest BCUT2D eigenvalue weighted by Crippen LogP contribution is 2.32. The number of rotatable bonds is 5. The summed E-state index contributed by atoms with van der Waals surface area (Å²) in [5.74, 6) is 0. The number of nitrogens with one attached hydrogen (secondary N) is 2. The van der Waals surface area contributed by atoms with E-state index < -0.39 is 10.0 Å². The smallest absolute Gasteiger partial charge is 0.265 e. The van der Waals surface area contributed by atoms with E-state index >= 15 is 0 Å². The van der Waals surface area contributed by atoms with Crippen molar-refractivity contribution in [3.8, 4) is 0 Å². The molecule has 1 aromatic heterocycles. The zero-order valence-corrected chi connectivity index (χ0v) is 14.4. The van der Waals surface area contributed by atoms with E-state index in [2.05, 4.69) is 15.0 Å². The lowest BCUT2D eigenvalue weighted by molar-refractivity contribution is 0.601. The maximum atomic E-state index is 12.4. The van der Waals surface area contributed by atoms with Crippen LogP contribution in [-0.2, 0) is 16.6 Å². The highest BCUT2D eigenvalue weighted by molar-refractivity contribution is 7.93. The zero-order chi connectivity index (χ0) is 15.6. The van der Waals surface area contributed by atoms with Crippen LogP contribution in [0, 0.1) is 6.92 Å². The molecule has 9 heteroatoms. The summed E-state index contributed by atoms with van der Waals surface area (Å²) < 4.78 is 27.2. The van der Waals surface area contributed by atoms with Crippen molar-refractivity contribution >= 4 is 49.7 Å². The minimum absolute atomic E-state index is 0.0216. The molecule has 0 saturated carbocycles. The average Bonchev–Trinajstić information content (AvgIpc) is 2.78. The Balaban J connectivity index is 2.42. The van der Waals surface area contributed by atoms with Crippen molar-refractivity contribution in [2.75, 3.05) is 11.8 Å². The van der Waals surface area contributed by atoms with Crippen LogP contribution in [0.15, 0.2) is 23.2 Å². The van der Waals surface area contributed by atoms with E-state index in [4.69, 9.17) is 23.2 Å². The van der Waals surface area contributed by atoms with Gasteiger partial charge in [-0.2, -0.15) is 0 Å². The van der Waals surface area contributed by atoms with Crippen LogP contribution in [0.5, 0.6) is 0 Å². The molecule has 0 amide bonds. The van der Waals surface area contributed by atoms with Gasteiger partial charge < -0.3 is 5.32 Å². The standard InChI is InChI=1S/C12H13Cl2N3O2S2/c1-7-5-16-12(20-7)17-21(18,19)10-4-3-9(13)8(6-15-2)11(10)14/h3-5,15H,6H2,1-2H3,(H,16,17). The average molecular weight is 366 g/mol. The topological polar surface area (TPSA) is 71.1 Å². The number of sulfonamides is 1. The second kappa shape index (κ2) is 6.50. The first kappa shape index (κ1) is 16.5. The minimum atomic E-state index is -3.81. The van der Waals surface area contributed by atoms with Gasteiger partial charge in [0, 0.05) is 28.2 Å². The van der Waals surface area contributed by atoms with Crippen LogP contribution in [0.4, 0.5) is 5.13 Å². The van der Waals surface area contributed by atoms with Crippen LogP contribution in [0.25, 0.3) is 0 Å². The van der Waals surface area contributed by atoms with E-state index in [9.17, 15) is 8.42 Å². The highest BCUT2D eigenvalue weighted by Gasteiger charge is 2.22. The van der Waals surface area contributed by atoms with Crippen molar-refractivity contribution in [2.24, 2.45) is 0 Å². The number of hydrogen-bond acceptors (Lipinski definition) is 5. The molecule has 0 radical (unpaired) electrons. The fourth-order valence-corrected chi connectivity index (χ4v) is 4.51. The van der Waals surface area contributed by atoms with Crippen LogP contribution in [0.3, 0.4) is 0 Å². The van der Waals surface area contributed by atoms with Crippen LogP contribution in [0.1, 0.15) is 10.4 Å². The monoisotopic (exact) mass is 365 g/mol. The summed E-state index contributed by atoms with van der Waals surface area (Å²) in [6, 6.07) is 2.90. The molecule has 0 aliphatic heterocycles. The number of benzene rings is 1. The van der Waals surface area contributed by atoms with E-state index in [0.29, 0.717) is 22.3 Å². The lowest BCUT2D eigenvalue weighted by Gasteiger charge is -2.12. The largest absolute Gasteiger partial charge is 0.316 e. The Morgan fingerprint density at radius 1 is 1.33 bits per heavy atom. The number of anilines is 1. The second-order valence-corrected chi connectivity index (χ2v) is 7.92. The molecule has 0 atom stereocenters. The van der Waals surface area contributed by atoms with Gasteiger partial charge >= 0.3 is 0 Å². The Bertz CT molecular complexity index is 760. The Morgan fingerprint density at radius 3 is 2.62 bits per heavy atom. The molecular formula is C12H13Cl2N3O2S2. The summed E-state index contributed by atoms with van der Waals surface area (Å²) in [5.41, 5.74) is 0.541. The molecule has 21 heavy (non-hydrogen) atoms. The van der Waals surface area contributed by atoms with Gasteiger partial charge in [-0.25, -0.2) is 13.4 Å². The number of thiazole rings is 1. The van der Waals surface area contributed by atoms with Gasteiger partial charge in [-0.1, -0.05) is 23.2 Å². The van der Waals surface area contributed by atoms with Gasteiger partial charge in [0.2, 0.25) is 0 Å². The molecule has 2 aromatic rings. The fourth-order valence-electron chi connectivity index (χ4n) is 1.69. The van der Waals surface area contributed by atoms with Gasteiger partial charge in [-0.3, -0.25) is 4.72 Å². The molecule has 0 saturated heterocycles. The summed E-state index contributed by atoms with van der Waals surface area (Å²) in [6.07, 6.45) is 1.60. The lowest BCUT2D eigenvalue weighted by atomic mass is 10.2. The summed E-state index contributed by atoms with van der Waals surface area (Å²) in [6.45, 7) is 2.22. The van der Waals surface area contributed by atoms with Crippen molar-refractivity contribution in [3.63, 3.8) is 0 Å². The summed E-state index contributed by atoms with van der Waals surface area (Å²) in [4.78, 5) is 4.87. The van der Waals surface area contributed by atoms with Crippen molar-refractivity contribution in [1.82, 2.24) is 10.3 Å². The number of hydrogen-bond donors (Lipinski definition) is 2. The summed E-state index contributed by atoms with van der Waals surface area (Å²) in [7, 11) is -2.08. The third kappa shape index (κ3) is 3.67. The van der Waals surface area contributed by atoms with Crippen LogP contribution >= 0.6 is 34.5 Å². The first-order chi connectivity index (χ1) is 9.85. The first-order valence-electron chi connectivity index (χ1n) is 5.92. The van der Waals surface area contributed by atoms with Crippen molar-refractivity contribution in [1.29, 1.82) is 0 Å². The van der Waals surface area contributed by atoms with Crippen LogP contribution in [-0.4, -0.2) is 20.4 Å². The normalized spacial score (nSPS) is 11.6. The number of halogens is 2. The van der Waals surface area contributed by atoms with Gasteiger partial charge in [0.15, 0.2) is 5.13 Å². The molecule has 1 aromatic carbocycles.